The summed E-state index contributed by atoms with van der Waals surface area (Å²) in [7, 11) is -2.23. The van der Waals surface area contributed by atoms with Crippen LogP contribution in [0.25, 0.3) is 0 Å². The molecule has 4 N–H and O–H groups in total. The first-order valence-corrected chi connectivity index (χ1v) is 8.73. The number of rotatable bonds is 7. The number of nitrogens with one attached hydrogen (secondary N) is 4. The molecule has 10 heteroatoms. The third-order valence-electron chi connectivity index (χ3n) is 3.39. The van der Waals surface area contributed by atoms with Crippen molar-refractivity contribution in [3.05, 3.63) is 48.0 Å². The second kappa shape index (κ2) is 8.84. The molecule has 1 aromatic heterocycles. The number of aromatic amines is 1. The molecular formula is C15H20ClFN4O3S. The molecule has 1 aromatic carbocycles. The Morgan fingerprint density at radius 2 is 2.00 bits per heavy atom. The molecule has 0 saturated heterocycles. The average molecular weight is 391 g/mol. The SMILES string of the molecule is CNC(C)CNC(=O)c1cc(S(=O)(=O)Nc2ccccc2F)c[nH]1.Cl. The Kier molecular flexibility index (Phi) is 7.40. The van der Waals surface area contributed by atoms with Crippen LogP contribution in [0.15, 0.2) is 41.4 Å². The number of hydrogen-bond donors (Lipinski definition) is 4. The fourth-order valence-electron chi connectivity index (χ4n) is 1.85. The normalized spacial score (nSPS) is 12.1. The molecule has 0 aliphatic heterocycles. The van der Waals surface area contributed by atoms with E-state index in [1.54, 1.807) is 7.05 Å². The van der Waals surface area contributed by atoms with E-state index in [0.29, 0.717) is 6.54 Å². The molecule has 0 spiro atoms. The molecule has 1 amide bonds. The minimum atomic E-state index is -4.00. The van der Waals surface area contributed by atoms with Crippen LogP contribution in [0.2, 0.25) is 0 Å². The highest BCUT2D eigenvalue weighted by atomic mass is 35.5. The maximum absolute atomic E-state index is 13.6. The number of H-pyrrole nitrogens is 1. The quantitative estimate of drug-likeness (QED) is 0.578. The molecule has 2 rings (SSSR count). The number of anilines is 1. The largest absolute Gasteiger partial charge is 0.356 e. The number of carbonyl (C=O) groups is 1. The van der Waals surface area contributed by atoms with Crippen LogP contribution in [0, 0.1) is 5.82 Å². The van der Waals surface area contributed by atoms with Crippen LogP contribution in [0.1, 0.15) is 17.4 Å². The predicted molar refractivity (Wildman–Crippen MR) is 96.1 cm³/mol. The van der Waals surface area contributed by atoms with E-state index in [4.69, 9.17) is 0 Å². The Balaban J connectivity index is 0.00000312. The first-order chi connectivity index (χ1) is 11.3. The van der Waals surface area contributed by atoms with Gasteiger partial charge in [-0.05, 0) is 32.2 Å². The zero-order valence-electron chi connectivity index (χ0n) is 13.7. The zero-order chi connectivity index (χ0) is 17.7. The van der Waals surface area contributed by atoms with E-state index in [2.05, 4.69) is 20.3 Å². The molecule has 1 unspecified atom stereocenters. The molecule has 25 heavy (non-hydrogen) atoms. The van der Waals surface area contributed by atoms with Gasteiger partial charge in [0.15, 0.2) is 0 Å². The third kappa shape index (κ3) is 5.45. The van der Waals surface area contributed by atoms with Crippen LogP contribution in [-0.2, 0) is 10.0 Å². The second-order valence-electron chi connectivity index (χ2n) is 5.23. The molecule has 0 fully saturated rings. The van der Waals surface area contributed by atoms with Crippen molar-refractivity contribution in [3.63, 3.8) is 0 Å². The second-order valence-corrected chi connectivity index (χ2v) is 6.92. The molecule has 0 aliphatic carbocycles. The lowest BCUT2D eigenvalue weighted by molar-refractivity contribution is 0.0946. The van der Waals surface area contributed by atoms with Gasteiger partial charge in [-0.15, -0.1) is 12.4 Å². The summed E-state index contributed by atoms with van der Waals surface area (Å²) < 4.78 is 40.2. The van der Waals surface area contributed by atoms with E-state index >= 15 is 0 Å². The maximum atomic E-state index is 13.6. The number of para-hydroxylation sites is 1. The number of amides is 1. The Bertz CT molecular complexity index is 826. The molecule has 0 saturated carbocycles. The molecular weight excluding hydrogens is 371 g/mol. The first-order valence-electron chi connectivity index (χ1n) is 7.24. The molecule has 0 aliphatic rings. The Labute approximate surface area is 151 Å². The van der Waals surface area contributed by atoms with Crippen molar-refractivity contribution >= 4 is 34.0 Å². The van der Waals surface area contributed by atoms with Gasteiger partial charge in [0.2, 0.25) is 0 Å². The van der Waals surface area contributed by atoms with Crippen molar-refractivity contribution in [2.24, 2.45) is 0 Å². The minimum Gasteiger partial charge on any atom is -0.356 e. The van der Waals surface area contributed by atoms with Crippen molar-refractivity contribution in [2.75, 3.05) is 18.3 Å². The summed E-state index contributed by atoms with van der Waals surface area (Å²) in [6.07, 6.45) is 1.18. The topological polar surface area (TPSA) is 103 Å². The number of likely N-dealkylation sites (N-methyl/N-ethyl adjacent to an activating group) is 1. The van der Waals surface area contributed by atoms with Gasteiger partial charge in [0.1, 0.15) is 16.4 Å². The summed E-state index contributed by atoms with van der Waals surface area (Å²) >= 11 is 0. The summed E-state index contributed by atoms with van der Waals surface area (Å²) in [6, 6.07) is 6.71. The smallest absolute Gasteiger partial charge is 0.267 e. The number of aromatic nitrogens is 1. The van der Waals surface area contributed by atoms with Crippen molar-refractivity contribution in [1.82, 2.24) is 15.6 Å². The zero-order valence-corrected chi connectivity index (χ0v) is 15.3. The van der Waals surface area contributed by atoms with Gasteiger partial charge >= 0.3 is 0 Å². The highest BCUT2D eigenvalue weighted by Gasteiger charge is 2.20. The van der Waals surface area contributed by atoms with Crippen LogP contribution in [0.3, 0.4) is 0 Å². The average Bonchev–Trinajstić information content (AvgIpc) is 3.05. The maximum Gasteiger partial charge on any atom is 0.267 e. The van der Waals surface area contributed by atoms with Gasteiger partial charge < -0.3 is 15.6 Å². The third-order valence-corrected chi connectivity index (χ3v) is 4.74. The van der Waals surface area contributed by atoms with Gasteiger partial charge in [-0.1, -0.05) is 12.1 Å². The van der Waals surface area contributed by atoms with E-state index in [-0.39, 0.29) is 34.7 Å². The van der Waals surface area contributed by atoms with Crippen LogP contribution < -0.4 is 15.4 Å². The fourth-order valence-corrected chi connectivity index (χ4v) is 2.91. The number of hydrogen-bond acceptors (Lipinski definition) is 4. The predicted octanol–water partition coefficient (Wildman–Crippen LogP) is 1.71. The van der Waals surface area contributed by atoms with Gasteiger partial charge in [0.25, 0.3) is 15.9 Å². The highest BCUT2D eigenvalue weighted by Crippen LogP contribution is 2.19. The number of benzene rings is 1. The Hall–Kier alpha value is -2.10. The lowest BCUT2D eigenvalue weighted by Crippen LogP contribution is -2.37. The molecule has 0 radical (unpaired) electrons. The van der Waals surface area contributed by atoms with E-state index in [1.807, 2.05) is 6.92 Å². The minimum absolute atomic E-state index is 0. The molecule has 7 nitrogen and oxygen atoms in total. The van der Waals surface area contributed by atoms with Gasteiger partial charge in [0.05, 0.1) is 5.69 Å². The lowest BCUT2D eigenvalue weighted by Gasteiger charge is -2.10. The van der Waals surface area contributed by atoms with Crippen molar-refractivity contribution in [2.45, 2.75) is 17.9 Å². The van der Waals surface area contributed by atoms with E-state index in [9.17, 15) is 17.6 Å². The summed E-state index contributed by atoms with van der Waals surface area (Å²) in [4.78, 5) is 14.4. The molecule has 1 atom stereocenters. The monoisotopic (exact) mass is 390 g/mol. The van der Waals surface area contributed by atoms with Crippen LogP contribution >= 0.6 is 12.4 Å². The Morgan fingerprint density at radius 1 is 1.32 bits per heavy atom. The molecule has 0 bridgehead atoms. The van der Waals surface area contributed by atoms with E-state index < -0.39 is 21.7 Å². The number of carbonyl (C=O) groups excluding carboxylic acids is 1. The Morgan fingerprint density at radius 3 is 2.64 bits per heavy atom. The van der Waals surface area contributed by atoms with Gasteiger partial charge in [-0.2, -0.15) is 0 Å². The van der Waals surface area contributed by atoms with E-state index in [1.165, 1.54) is 30.5 Å². The summed E-state index contributed by atoms with van der Waals surface area (Å²) in [5.74, 6) is -1.11. The van der Waals surface area contributed by atoms with Crippen LogP contribution in [-0.4, -0.2) is 38.9 Å². The summed E-state index contributed by atoms with van der Waals surface area (Å²) in [6.45, 7) is 2.28. The van der Waals surface area contributed by atoms with Crippen molar-refractivity contribution < 1.29 is 17.6 Å². The summed E-state index contributed by atoms with van der Waals surface area (Å²) in [5, 5.41) is 5.63. The molecule has 2 aromatic rings. The highest BCUT2D eigenvalue weighted by molar-refractivity contribution is 7.92. The standard InChI is InChI=1S/C15H19FN4O3S.ClH/c1-10(17-2)8-19-15(21)14-7-11(9-18-14)24(22,23)20-13-6-4-3-5-12(13)16;/h3-7,9-10,17-18,20H,8H2,1-2H3,(H,19,21);1H. The summed E-state index contributed by atoms with van der Waals surface area (Å²) in [5.41, 5.74) is -0.0558. The number of halogens is 2. The van der Waals surface area contributed by atoms with Gasteiger partial charge in [-0.25, -0.2) is 12.8 Å². The van der Waals surface area contributed by atoms with Crippen LogP contribution in [0.5, 0.6) is 0 Å². The number of sulfonamides is 1. The molecule has 138 valence electrons. The van der Waals surface area contributed by atoms with Gasteiger partial charge in [0, 0.05) is 18.8 Å². The lowest BCUT2D eigenvalue weighted by atomic mass is 10.3. The first kappa shape index (κ1) is 20.9. The molecule has 1 heterocycles. The fraction of sp³-hybridized carbons (Fsp3) is 0.267. The van der Waals surface area contributed by atoms with E-state index in [0.717, 1.165) is 6.07 Å². The van der Waals surface area contributed by atoms with Crippen LogP contribution in [0.4, 0.5) is 10.1 Å². The van der Waals surface area contributed by atoms with Gasteiger partial charge in [-0.3, -0.25) is 9.52 Å². The van der Waals surface area contributed by atoms with Crippen molar-refractivity contribution in [1.29, 1.82) is 0 Å². The van der Waals surface area contributed by atoms with Crippen molar-refractivity contribution in [3.8, 4) is 0 Å².